The summed E-state index contributed by atoms with van der Waals surface area (Å²) < 4.78 is 6.11. The summed E-state index contributed by atoms with van der Waals surface area (Å²) in [5.41, 5.74) is 3.10. The number of nitrogens with zero attached hydrogens (tertiary/aromatic N) is 2. The maximum absolute atomic E-state index is 5.37. The molecule has 2 rings (SSSR count). The standard InChI is InChI=1S/C14H15BrN2O/c1-9(2)11-8-10(4-6-13(11)18-3)12-5-7-14(15)17-16-12/h4-9H,1-3H3. The molecule has 0 aliphatic heterocycles. The average Bonchev–Trinajstić information content (AvgIpc) is 2.39. The van der Waals surface area contributed by atoms with Gasteiger partial charge in [-0.15, -0.1) is 10.2 Å². The molecule has 0 bridgehead atoms. The Hall–Kier alpha value is -1.42. The normalized spacial score (nSPS) is 10.7. The molecular formula is C14H15BrN2O. The maximum Gasteiger partial charge on any atom is 0.128 e. The second-order valence-electron chi connectivity index (χ2n) is 4.35. The fourth-order valence-electron chi connectivity index (χ4n) is 1.81. The van der Waals surface area contributed by atoms with Gasteiger partial charge in [-0.1, -0.05) is 13.8 Å². The van der Waals surface area contributed by atoms with Crippen molar-refractivity contribution in [3.63, 3.8) is 0 Å². The summed E-state index contributed by atoms with van der Waals surface area (Å²) in [6, 6.07) is 9.93. The fourth-order valence-corrected chi connectivity index (χ4v) is 2.03. The molecule has 0 amide bonds. The first-order valence-corrected chi connectivity index (χ1v) is 6.58. The number of halogens is 1. The van der Waals surface area contributed by atoms with Gasteiger partial charge >= 0.3 is 0 Å². The van der Waals surface area contributed by atoms with Crippen LogP contribution in [0.2, 0.25) is 0 Å². The molecule has 4 heteroatoms. The van der Waals surface area contributed by atoms with Crippen LogP contribution in [0.1, 0.15) is 25.3 Å². The van der Waals surface area contributed by atoms with Gasteiger partial charge in [0.25, 0.3) is 0 Å². The van der Waals surface area contributed by atoms with E-state index in [2.05, 4.69) is 46.0 Å². The van der Waals surface area contributed by atoms with Crippen LogP contribution in [0.25, 0.3) is 11.3 Å². The van der Waals surface area contributed by atoms with Crippen LogP contribution in [-0.4, -0.2) is 17.3 Å². The predicted octanol–water partition coefficient (Wildman–Crippen LogP) is 4.04. The third kappa shape index (κ3) is 2.70. The zero-order chi connectivity index (χ0) is 13.1. The molecule has 1 aromatic carbocycles. The van der Waals surface area contributed by atoms with Crippen molar-refractivity contribution in [2.24, 2.45) is 0 Å². The summed E-state index contributed by atoms with van der Waals surface area (Å²) in [6.45, 7) is 4.30. The van der Waals surface area contributed by atoms with Gasteiger partial charge in [0.2, 0.25) is 0 Å². The molecule has 0 fully saturated rings. The molecule has 0 saturated heterocycles. The van der Waals surface area contributed by atoms with E-state index in [1.807, 2.05) is 24.3 Å². The van der Waals surface area contributed by atoms with Gasteiger partial charge in [0.15, 0.2) is 0 Å². The summed E-state index contributed by atoms with van der Waals surface area (Å²) in [7, 11) is 1.69. The minimum absolute atomic E-state index is 0.406. The number of methoxy groups -OCH3 is 1. The molecule has 0 radical (unpaired) electrons. The van der Waals surface area contributed by atoms with E-state index in [4.69, 9.17) is 4.74 Å². The molecule has 0 atom stereocenters. The van der Waals surface area contributed by atoms with E-state index in [-0.39, 0.29) is 0 Å². The summed E-state index contributed by atoms with van der Waals surface area (Å²) in [5.74, 6) is 1.32. The maximum atomic E-state index is 5.37. The number of hydrogen-bond donors (Lipinski definition) is 0. The van der Waals surface area contributed by atoms with Gasteiger partial charge in [-0.2, -0.15) is 0 Å². The van der Waals surface area contributed by atoms with E-state index in [1.165, 1.54) is 5.56 Å². The highest BCUT2D eigenvalue weighted by atomic mass is 79.9. The van der Waals surface area contributed by atoms with Gasteiger partial charge in [-0.05, 0) is 57.7 Å². The topological polar surface area (TPSA) is 35.0 Å². The van der Waals surface area contributed by atoms with Crippen molar-refractivity contribution in [1.82, 2.24) is 10.2 Å². The third-order valence-corrected chi connectivity index (χ3v) is 3.20. The highest BCUT2D eigenvalue weighted by molar-refractivity contribution is 9.10. The smallest absolute Gasteiger partial charge is 0.128 e. The van der Waals surface area contributed by atoms with Crippen LogP contribution in [0.3, 0.4) is 0 Å². The molecule has 18 heavy (non-hydrogen) atoms. The summed E-state index contributed by atoms with van der Waals surface area (Å²) in [5, 5.41) is 8.17. The van der Waals surface area contributed by atoms with Gasteiger partial charge in [0.1, 0.15) is 10.4 Å². The quantitative estimate of drug-likeness (QED) is 0.858. The number of rotatable bonds is 3. The summed E-state index contributed by atoms with van der Waals surface area (Å²) in [4.78, 5) is 0. The fraction of sp³-hybridized carbons (Fsp3) is 0.286. The molecule has 0 spiro atoms. The second-order valence-corrected chi connectivity index (χ2v) is 5.17. The van der Waals surface area contributed by atoms with Crippen LogP contribution in [0.5, 0.6) is 5.75 Å². The van der Waals surface area contributed by atoms with E-state index in [9.17, 15) is 0 Å². The SMILES string of the molecule is COc1ccc(-c2ccc(Br)nn2)cc1C(C)C. The molecule has 2 aromatic rings. The average molecular weight is 307 g/mol. The van der Waals surface area contributed by atoms with Crippen molar-refractivity contribution in [3.8, 4) is 17.0 Å². The van der Waals surface area contributed by atoms with Crippen molar-refractivity contribution in [1.29, 1.82) is 0 Å². The van der Waals surface area contributed by atoms with Gasteiger partial charge in [-0.25, -0.2) is 0 Å². The van der Waals surface area contributed by atoms with E-state index >= 15 is 0 Å². The Morgan fingerprint density at radius 1 is 1.11 bits per heavy atom. The first kappa shape index (κ1) is 13.0. The Morgan fingerprint density at radius 2 is 1.89 bits per heavy atom. The zero-order valence-electron chi connectivity index (χ0n) is 10.6. The van der Waals surface area contributed by atoms with E-state index < -0.39 is 0 Å². The monoisotopic (exact) mass is 306 g/mol. The Kier molecular flexibility index (Phi) is 3.97. The Bertz CT molecular complexity index is 538. The third-order valence-electron chi connectivity index (χ3n) is 2.78. The first-order chi connectivity index (χ1) is 8.61. The molecule has 1 aromatic heterocycles. The number of hydrogen-bond acceptors (Lipinski definition) is 3. The molecule has 1 heterocycles. The second kappa shape index (κ2) is 5.48. The van der Waals surface area contributed by atoms with Crippen LogP contribution in [0.15, 0.2) is 34.9 Å². The van der Waals surface area contributed by atoms with Crippen LogP contribution in [0.4, 0.5) is 0 Å². The Balaban J connectivity index is 2.46. The van der Waals surface area contributed by atoms with Crippen LogP contribution in [0, 0.1) is 0 Å². The predicted molar refractivity (Wildman–Crippen MR) is 75.8 cm³/mol. The molecule has 0 saturated carbocycles. The molecular weight excluding hydrogens is 292 g/mol. The lowest BCUT2D eigenvalue weighted by Gasteiger charge is -2.13. The van der Waals surface area contributed by atoms with Crippen LogP contribution >= 0.6 is 15.9 Å². The molecule has 0 aliphatic rings. The van der Waals surface area contributed by atoms with Crippen molar-refractivity contribution in [2.75, 3.05) is 7.11 Å². The van der Waals surface area contributed by atoms with Crippen molar-refractivity contribution in [3.05, 3.63) is 40.5 Å². The highest BCUT2D eigenvalue weighted by Gasteiger charge is 2.10. The summed E-state index contributed by atoms with van der Waals surface area (Å²) in [6.07, 6.45) is 0. The number of aromatic nitrogens is 2. The highest BCUT2D eigenvalue weighted by Crippen LogP contribution is 2.30. The van der Waals surface area contributed by atoms with Gasteiger partial charge in [0.05, 0.1) is 12.8 Å². The van der Waals surface area contributed by atoms with E-state index in [0.29, 0.717) is 5.92 Å². The lowest BCUT2D eigenvalue weighted by molar-refractivity contribution is 0.407. The van der Waals surface area contributed by atoms with Crippen molar-refractivity contribution < 1.29 is 4.74 Å². The van der Waals surface area contributed by atoms with Crippen molar-refractivity contribution >= 4 is 15.9 Å². The summed E-state index contributed by atoms with van der Waals surface area (Å²) >= 11 is 3.28. The van der Waals surface area contributed by atoms with Gasteiger partial charge < -0.3 is 4.74 Å². The van der Waals surface area contributed by atoms with Crippen LogP contribution < -0.4 is 4.74 Å². The van der Waals surface area contributed by atoms with Crippen LogP contribution in [-0.2, 0) is 0 Å². The largest absolute Gasteiger partial charge is 0.496 e. The lowest BCUT2D eigenvalue weighted by Crippen LogP contribution is -1.96. The molecule has 94 valence electrons. The molecule has 0 N–H and O–H groups in total. The zero-order valence-corrected chi connectivity index (χ0v) is 12.2. The Labute approximate surface area is 115 Å². The first-order valence-electron chi connectivity index (χ1n) is 5.79. The van der Waals surface area contributed by atoms with E-state index in [1.54, 1.807) is 7.11 Å². The van der Waals surface area contributed by atoms with Crippen molar-refractivity contribution in [2.45, 2.75) is 19.8 Å². The lowest BCUT2D eigenvalue weighted by atomic mass is 9.98. The van der Waals surface area contributed by atoms with Gasteiger partial charge in [0, 0.05) is 5.56 Å². The van der Waals surface area contributed by atoms with E-state index in [0.717, 1.165) is 21.6 Å². The molecule has 0 unspecified atom stereocenters. The minimum atomic E-state index is 0.406. The Morgan fingerprint density at radius 3 is 2.44 bits per heavy atom. The molecule has 3 nitrogen and oxygen atoms in total. The van der Waals surface area contributed by atoms with Gasteiger partial charge in [-0.3, -0.25) is 0 Å². The molecule has 0 aliphatic carbocycles. The number of benzene rings is 1. The minimum Gasteiger partial charge on any atom is -0.496 e. The number of ether oxygens (including phenoxy) is 1.